The van der Waals surface area contributed by atoms with Gasteiger partial charge in [0.05, 0.1) is 17.7 Å². The van der Waals surface area contributed by atoms with Gasteiger partial charge in [-0.15, -0.1) is 0 Å². The molecule has 1 fully saturated rings. The van der Waals surface area contributed by atoms with Gasteiger partial charge in [0.15, 0.2) is 0 Å². The highest BCUT2D eigenvalue weighted by Crippen LogP contribution is 2.31. The third-order valence-electron chi connectivity index (χ3n) is 3.73. The molecule has 1 aliphatic heterocycles. The second-order valence-electron chi connectivity index (χ2n) is 5.05. The number of carbonyl (C=O) groups excluding carboxylic acids is 1. The van der Waals surface area contributed by atoms with Crippen molar-refractivity contribution in [2.24, 2.45) is 0 Å². The quantitative estimate of drug-likeness (QED) is 0.859. The summed E-state index contributed by atoms with van der Waals surface area (Å²) in [5.74, 6) is 0.475. The fourth-order valence-electron chi connectivity index (χ4n) is 2.53. The fourth-order valence-corrected chi connectivity index (χ4v) is 2.88. The highest BCUT2D eigenvalue weighted by molar-refractivity contribution is 6.32. The molecule has 20 heavy (non-hydrogen) atoms. The van der Waals surface area contributed by atoms with Crippen LogP contribution in [0.1, 0.15) is 22.8 Å². The van der Waals surface area contributed by atoms with Gasteiger partial charge < -0.3 is 14.5 Å². The predicted molar refractivity (Wildman–Crippen MR) is 80.8 cm³/mol. The topological polar surface area (TPSA) is 32.8 Å². The summed E-state index contributed by atoms with van der Waals surface area (Å²) in [4.78, 5) is 16.9. The molecule has 0 bridgehead atoms. The summed E-state index contributed by atoms with van der Waals surface area (Å²) in [5.41, 5.74) is 1.52. The van der Waals surface area contributed by atoms with E-state index in [2.05, 4.69) is 11.8 Å². The van der Waals surface area contributed by atoms with Gasteiger partial charge >= 0.3 is 0 Å². The molecular weight excluding hydrogens is 276 g/mol. The Balaban J connectivity index is 2.21. The van der Waals surface area contributed by atoms with E-state index in [1.54, 1.807) is 7.11 Å². The van der Waals surface area contributed by atoms with E-state index in [4.69, 9.17) is 16.3 Å². The van der Waals surface area contributed by atoms with Crippen molar-refractivity contribution < 1.29 is 9.53 Å². The van der Waals surface area contributed by atoms with Gasteiger partial charge in [-0.25, -0.2) is 0 Å². The number of benzene rings is 1. The average Bonchev–Trinajstić information content (AvgIpc) is 2.46. The van der Waals surface area contributed by atoms with Crippen LogP contribution in [-0.4, -0.2) is 55.5 Å². The van der Waals surface area contributed by atoms with Crippen molar-refractivity contribution in [3.05, 3.63) is 28.3 Å². The highest BCUT2D eigenvalue weighted by Gasteiger charge is 2.24. The molecule has 0 atom stereocenters. The monoisotopic (exact) mass is 296 g/mol. The maximum absolute atomic E-state index is 12.6. The number of hydrogen-bond donors (Lipinski definition) is 0. The van der Waals surface area contributed by atoms with Crippen molar-refractivity contribution in [1.82, 2.24) is 9.80 Å². The van der Waals surface area contributed by atoms with Gasteiger partial charge in [-0.3, -0.25) is 4.79 Å². The molecule has 0 N–H and O–H groups in total. The van der Waals surface area contributed by atoms with Crippen LogP contribution in [0.25, 0.3) is 0 Å². The number of likely N-dealkylation sites (N-methyl/N-ethyl adjacent to an activating group) is 1. The Kier molecular flexibility index (Phi) is 4.89. The lowest BCUT2D eigenvalue weighted by atomic mass is 10.1. The number of amides is 1. The normalized spacial score (nSPS) is 16.3. The first-order valence-corrected chi connectivity index (χ1v) is 7.30. The van der Waals surface area contributed by atoms with E-state index in [0.717, 1.165) is 38.3 Å². The van der Waals surface area contributed by atoms with Crippen molar-refractivity contribution in [1.29, 1.82) is 0 Å². The zero-order chi connectivity index (χ0) is 14.7. The largest absolute Gasteiger partial charge is 0.494 e. The smallest absolute Gasteiger partial charge is 0.257 e. The number of hydrogen-bond acceptors (Lipinski definition) is 3. The third-order valence-corrected chi connectivity index (χ3v) is 4.01. The molecule has 1 aromatic rings. The minimum absolute atomic E-state index is 0.00297. The molecule has 2 rings (SSSR count). The Morgan fingerprint density at radius 2 is 1.95 bits per heavy atom. The van der Waals surface area contributed by atoms with Gasteiger partial charge in [-0.2, -0.15) is 0 Å². The van der Waals surface area contributed by atoms with Crippen LogP contribution >= 0.6 is 11.6 Å². The summed E-state index contributed by atoms with van der Waals surface area (Å²) >= 11 is 6.16. The van der Waals surface area contributed by atoms with Crippen molar-refractivity contribution in [3.8, 4) is 5.75 Å². The van der Waals surface area contributed by atoms with Crippen LogP contribution in [0.5, 0.6) is 5.75 Å². The Labute approximate surface area is 125 Å². The van der Waals surface area contributed by atoms with Crippen LogP contribution in [0.3, 0.4) is 0 Å². The van der Waals surface area contributed by atoms with Gasteiger partial charge in [0, 0.05) is 26.2 Å². The lowest BCUT2D eigenvalue weighted by Crippen LogP contribution is -2.48. The number of nitrogens with zero attached hydrogens (tertiary/aromatic N) is 2. The maximum Gasteiger partial charge on any atom is 0.257 e. The lowest BCUT2D eigenvalue weighted by Gasteiger charge is -2.34. The molecule has 0 saturated carbocycles. The summed E-state index contributed by atoms with van der Waals surface area (Å²) in [6, 6.07) is 3.66. The van der Waals surface area contributed by atoms with E-state index in [9.17, 15) is 4.79 Å². The Morgan fingerprint density at radius 1 is 1.30 bits per heavy atom. The molecule has 110 valence electrons. The minimum Gasteiger partial charge on any atom is -0.494 e. The van der Waals surface area contributed by atoms with Gasteiger partial charge in [0.1, 0.15) is 5.75 Å². The Bertz CT molecular complexity index is 497. The zero-order valence-electron chi connectivity index (χ0n) is 12.3. The van der Waals surface area contributed by atoms with E-state index in [-0.39, 0.29) is 5.91 Å². The van der Waals surface area contributed by atoms with Crippen LogP contribution in [0, 0.1) is 6.92 Å². The number of ether oxygens (including phenoxy) is 1. The summed E-state index contributed by atoms with van der Waals surface area (Å²) in [7, 11) is 1.54. The standard InChI is InChI=1S/C15H21ClN2O2/c1-4-17-5-7-18(8-6-17)15(19)12-9-11(2)10-13(16)14(12)20-3/h9-10H,4-8H2,1-3H3. The SMILES string of the molecule is CCN1CCN(C(=O)c2cc(C)cc(Cl)c2OC)CC1. The second-order valence-corrected chi connectivity index (χ2v) is 5.46. The van der Waals surface area contributed by atoms with Gasteiger partial charge in [-0.1, -0.05) is 18.5 Å². The summed E-state index contributed by atoms with van der Waals surface area (Å²) in [6.07, 6.45) is 0. The zero-order valence-corrected chi connectivity index (χ0v) is 13.0. The van der Waals surface area contributed by atoms with E-state index in [1.807, 2.05) is 24.0 Å². The molecule has 1 aromatic carbocycles. The number of halogens is 1. The number of piperazine rings is 1. The predicted octanol–water partition coefficient (Wildman–Crippen LogP) is 2.43. The molecule has 1 heterocycles. The Morgan fingerprint density at radius 3 is 2.50 bits per heavy atom. The number of methoxy groups -OCH3 is 1. The van der Waals surface area contributed by atoms with Gasteiger partial charge in [0.25, 0.3) is 5.91 Å². The molecule has 0 aromatic heterocycles. The van der Waals surface area contributed by atoms with E-state index >= 15 is 0 Å². The van der Waals surface area contributed by atoms with E-state index in [0.29, 0.717) is 16.3 Å². The molecule has 0 unspecified atom stereocenters. The van der Waals surface area contributed by atoms with Crippen molar-refractivity contribution in [2.45, 2.75) is 13.8 Å². The summed E-state index contributed by atoms with van der Waals surface area (Å²) in [6.45, 7) is 8.44. The molecule has 1 aliphatic rings. The first-order valence-electron chi connectivity index (χ1n) is 6.92. The summed E-state index contributed by atoms with van der Waals surface area (Å²) in [5, 5.41) is 0.489. The van der Waals surface area contributed by atoms with Crippen molar-refractivity contribution in [3.63, 3.8) is 0 Å². The number of carbonyl (C=O) groups is 1. The summed E-state index contributed by atoms with van der Waals surface area (Å²) < 4.78 is 5.30. The fraction of sp³-hybridized carbons (Fsp3) is 0.533. The van der Waals surface area contributed by atoms with Crippen LogP contribution < -0.4 is 4.74 Å². The van der Waals surface area contributed by atoms with Crippen LogP contribution in [0.15, 0.2) is 12.1 Å². The Hall–Kier alpha value is -1.26. The minimum atomic E-state index is 0.00297. The van der Waals surface area contributed by atoms with Gasteiger partial charge in [-0.05, 0) is 31.2 Å². The molecule has 4 nitrogen and oxygen atoms in total. The lowest BCUT2D eigenvalue weighted by molar-refractivity contribution is 0.0640. The molecule has 0 aliphatic carbocycles. The number of aryl methyl sites for hydroxylation is 1. The third kappa shape index (κ3) is 3.07. The second kappa shape index (κ2) is 6.46. The molecule has 1 saturated heterocycles. The average molecular weight is 297 g/mol. The molecular formula is C15H21ClN2O2. The van der Waals surface area contributed by atoms with Crippen molar-refractivity contribution in [2.75, 3.05) is 39.8 Å². The first-order chi connectivity index (χ1) is 9.56. The van der Waals surface area contributed by atoms with E-state index < -0.39 is 0 Å². The van der Waals surface area contributed by atoms with Gasteiger partial charge in [0.2, 0.25) is 0 Å². The van der Waals surface area contributed by atoms with E-state index in [1.165, 1.54) is 0 Å². The molecule has 1 amide bonds. The maximum atomic E-state index is 12.6. The van der Waals surface area contributed by atoms with Crippen LogP contribution in [-0.2, 0) is 0 Å². The molecule has 0 radical (unpaired) electrons. The molecule has 0 spiro atoms. The number of rotatable bonds is 3. The van der Waals surface area contributed by atoms with Crippen molar-refractivity contribution >= 4 is 17.5 Å². The van der Waals surface area contributed by atoms with Crippen LogP contribution in [0.4, 0.5) is 0 Å². The van der Waals surface area contributed by atoms with Crippen LogP contribution in [0.2, 0.25) is 5.02 Å². The molecule has 5 heteroatoms. The highest BCUT2D eigenvalue weighted by atomic mass is 35.5. The first kappa shape index (κ1) is 15.1.